The SMILES string of the molecule is CCC(C)C(NC(=O)OC(C)(C)C)C(=O)N(C1CCC1)C(C(=O)NC(C)C)c1ccccc1. The van der Waals surface area contributed by atoms with Gasteiger partial charge in [-0.15, -0.1) is 0 Å². The fourth-order valence-electron chi connectivity index (χ4n) is 3.90. The third-order valence-corrected chi connectivity index (χ3v) is 5.95. The molecule has 0 saturated heterocycles. The summed E-state index contributed by atoms with van der Waals surface area (Å²) in [4.78, 5) is 41.8. The van der Waals surface area contributed by atoms with Crippen molar-refractivity contribution in [3.63, 3.8) is 0 Å². The monoisotopic (exact) mass is 459 g/mol. The highest BCUT2D eigenvalue weighted by Crippen LogP contribution is 2.34. The molecule has 0 aliphatic heterocycles. The molecule has 0 spiro atoms. The molecule has 2 rings (SSSR count). The minimum atomic E-state index is -0.788. The molecule has 184 valence electrons. The van der Waals surface area contributed by atoms with Crippen molar-refractivity contribution in [2.24, 2.45) is 5.92 Å². The van der Waals surface area contributed by atoms with Gasteiger partial charge in [-0.25, -0.2) is 4.79 Å². The van der Waals surface area contributed by atoms with E-state index in [2.05, 4.69) is 10.6 Å². The number of nitrogens with zero attached hydrogens (tertiary/aromatic N) is 1. The lowest BCUT2D eigenvalue weighted by atomic mass is 9.86. The maximum absolute atomic E-state index is 14.1. The van der Waals surface area contributed by atoms with Gasteiger partial charge < -0.3 is 20.3 Å². The fraction of sp³-hybridized carbons (Fsp3) is 0.654. The van der Waals surface area contributed by atoms with Gasteiger partial charge in [-0.05, 0) is 65.4 Å². The summed E-state index contributed by atoms with van der Waals surface area (Å²) in [5, 5.41) is 5.80. The third-order valence-electron chi connectivity index (χ3n) is 5.95. The minimum Gasteiger partial charge on any atom is -0.444 e. The molecular formula is C26H41N3O4. The van der Waals surface area contributed by atoms with Crippen molar-refractivity contribution < 1.29 is 19.1 Å². The number of nitrogens with one attached hydrogen (secondary N) is 2. The summed E-state index contributed by atoms with van der Waals surface area (Å²) in [6.07, 6.45) is 2.75. The maximum atomic E-state index is 14.1. The Balaban J connectivity index is 2.45. The van der Waals surface area contributed by atoms with E-state index >= 15 is 0 Å². The molecule has 0 heterocycles. The second-order valence-corrected chi connectivity index (χ2v) is 10.3. The summed E-state index contributed by atoms with van der Waals surface area (Å²) in [6.45, 7) is 13.1. The lowest BCUT2D eigenvalue weighted by molar-refractivity contribution is -0.148. The molecule has 0 radical (unpaired) electrons. The number of alkyl carbamates (subject to hydrolysis) is 1. The van der Waals surface area contributed by atoms with Crippen LogP contribution in [0.25, 0.3) is 0 Å². The van der Waals surface area contributed by atoms with Gasteiger partial charge in [0.25, 0.3) is 0 Å². The van der Waals surface area contributed by atoms with Crippen molar-refractivity contribution in [2.75, 3.05) is 0 Å². The summed E-state index contributed by atoms with van der Waals surface area (Å²) >= 11 is 0. The van der Waals surface area contributed by atoms with Crippen LogP contribution in [0, 0.1) is 5.92 Å². The molecule has 0 bridgehead atoms. The molecule has 2 N–H and O–H groups in total. The van der Waals surface area contributed by atoms with Crippen LogP contribution < -0.4 is 10.6 Å². The second kappa shape index (κ2) is 11.5. The van der Waals surface area contributed by atoms with Crippen molar-refractivity contribution in [3.05, 3.63) is 35.9 Å². The van der Waals surface area contributed by atoms with Crippen LogP contribution in [0.4, 0.5) is 4.79 Å². The average Bonchev–Trinajstić information content (AvgIpc) is 2.68. The van der Waals surface area contributed by atoms with Gasteiger partial charge in [-0.2, -0.15) is 0 Å². The van der Waals surface area contributed by atoms with Crippen LogP contribution in [0.15, 0.2) is 30.3 Å². The van der Waals surface area contributed by atoms with Crippen LogP contribution in [0.3, 0.4) is 0 Å². The second-order valence-electron chi connectivity index (χ2n) is 10.3. The van der Waals surface area contributed by atoms with Gasteiger partial charge >= 0.3 is 6.09 Å². The lowest BCUT2D eigenvalue weighted by Crippen LogP contribution is -2.59. The number of hydrogen-bond donors (Lipinski definition) is 2. The number of amides is 3. The number of benzene rings is 1. The molecule has 1 aromatic rings. The fourth-order valence-corrected chi connectivity index (χ4v) is 3.90. The topological polar surface area (TPSA) is 87.7 Å². The summed E-state index contributed by atoms with van der Waals surface area (Å²) < 4.78 is 5.44. The largest absolute Gasteiger partial charge is 0.444 e. The van der Waals surface area contributed by atoms with Crippen LogP contribution in [0.5, 0.6) is 0 Å². The Bertz CT molecular complexity index is 800. The molecule has 33 heavy (non-hydrogen) atoms. The molecule has 3 unspecified atom stereocenters. The number of ether oxygens (including phenoxy) is 1. The summed E-state index contributed by atoms with van der Waals surface area (Å²) in [6, 6.07) is 7.73. The summed E-state index contributed by atoms with van der Waals surface area (Å²) in [5.74, 6) is -0.582. The molecule has 3 atom stereocenters. The van der Waals surface area contributed by atoms with Gasteiger partial charge in [0.1, 0.15) is 17.7 Å². The molecule has 1 aromatic carbocycles. The van der Waals surface area contributed by atoms with Crippen LogP contribution in [0.2, 0.25) is 0 Å². The zero-order valence-corrected chi connectivity index (χ0v) is 21.2. The highest BCUT2D eigenvalue weighted by molar-refractivity contribution is 5.92. The number of carbonyl (C=O) groups is 3. The van der Waals surface area contributed by atoms with E-state index in [9.17, 15) is 14.4 Å². The van der Waals surface area contributed by atoms with Gasteiger partial charge in [0, 0.05) is 12.1 Å². The Morgan fingerprint density at radius 2 is 1.67 bits per heavy atom. The van der Waals surface area contributed by atoms with E-state index in [1.807, 2.05) is 58.0 Å². The molecular weight excluding hydrogens is 418 g/mol. The van der Waals surface area contributed by atoms with Gasteiger partial charge in [-0.1, -0.05) is 50.6 Å². The van der Waals surface area contributed by atoms with E-state index in [-0.39, 0.29) is 29.8 Å². The Labute approximate surface area is 198 Å². The van der Waals surface area contributed by atoms with Crippen LogP contribution in [0.1, 0.15) is 85.8 Å². The Hall–Kier alpha value is -2.57. The van der Waals surface area contributed by atoms with Crippen LogP contribution in [-0.2, 0) is 14.3 Å². The predicted octanol–water partition coefficient (Wildman–Crippen LogP) is 4.57. The van der Waals surface area contributed by atoms with Gasteiger partial charge in [-0.3, -0.25) is 9.59 Å². The molecule has 7 heteroatoms. The standard InChI is InChI=1S/C26H41N3O4/c1-8-18(4)21(28-25(32)33-26(5,6)7)24(31)29(20-15-12-16-20)22(23(30)27-17(2)3)19-13-10-9-11-14-19/h9-11,13-14,17-18,20-22H,8,12,15-16H2,1-7H3,(H,27,30)(H,28,32). The molecule has 1 aliphatic rings. The Kier molecular flexibility index (Phi) is 9.32. The smallest absolute Gasteiger partial charge is 0.408 e. The van der Waals surface area contributed by atoms with E-state index in [1.165, 1.54) is 0 Å². The van der Waals surface area contributed by atoms with E-state index in [0.29, 0.717) is 6.42 Å². The van der Waals surface area contributed by atoms with Crippen molar-refractivity contribution >= 4 is 17.9 Å². The van der Waals surface area contributed by atoms with E-state index < -0.39 is 23.8 Å². The van der Waals surface area contributed by atoms with Crippen LogP contribution in [-0.4, -0.2) is 46.5 Å². The first-order chi connectivity index (χ1) is 15.4. The number of rotatable bonds is 9. The van der Waals surface area contributed by atoms with Gasteiger partial charge in [0.05, 0.1) is 0 Å². The molecule has 7 nitrogen and oxygen atoms in total. The highest BCUT2D eigenvalue weighted by atomic mass is 16.6. The van der Waals surface area contributed by atoms with Crippen molar-refractivity contribution in [3.8, 4) is 0 Å². The Morgan fingerprint density at radius 3 is 2.12 bits per heavy atom. The predicted molar refractivity (Wildman–Crippen MR) is 130 cm³/mol. The summed E-state index contributed by atoms with van der Waals surface area (Å²) in [5.41, 5.74) is 0.0842. The first-order valence-corrected chi connectivity index (χ1v) is 12.1. The minimum absolute atomic E-state index is 0.0485. The normalized spacial score (nSPS) is 16.8. The number of hydrogen-bond acceptors (Lipinski definition) is 4. The van der Waals surface area contributed by atoms with Crippen molar-refractivity contribution in [1.29, 1.82) is 0 Å². The zero-order chi connectivity index (χ0) is 24.8. The number of carbonyl (C=O) groups excluding carboxylic acids is 3. The van der Waals surface area contributed by atoms with Gasteiger partial charge in [0.2, 0.25) is 11.8 Å². The van der Waals surface area contributed by atoms with Gasteiger partial charge in [0.15, 0.2) is 0 Å². The maximum Gasteiger partial charge on any atom is 0.408 e. The first-order valence-electron chi connectivity index (χ1n) is 12.1. The molecule has 0 aromatic heterocycles. The van der Waals surface area contributed by atoms with E-state index in [0.717, 1.165) is 24.8 Å². The van der Waals surface area contributed by atoms with Crippen LogP contribution >= 0.6 is 0 Å². The third kappa shape index (κ3) is 7.47. The zero-order valence-electron chi connectivity index (χ0n) is 21.2. The van der Waals surface area contributed by atoms with Crippen molar-refractivity contribution in [1.82, 2.24) is 15.5 Å². The summed E-state index contributed by atoms with van der Waals surface area (Å²) in [7, 11) is 0. The molecule has 1 fully saturated rings. The quantitative estimate of drug-likeness (QED) is 0.566. The van der Waals surface area contributed by atoms with Crippen molar-refractivity contribution in [2.45, 2.75) is 104 Å². The first kappa shape index (κ1) is 26.7. The Morgan fingerprint density at radius 1 is 1.06 bits per heavy atom. The molecule has 3 amide bonds. The molecule has 1 aliphatic carbocycles. The molecule has 1 saturated carbocycles. The lowest BCUT2D eigenvalue weighted by Gasteiger charge is -2.44. The van der Waals surface area contributed by atoms with E-state index in [4.69, 9.17) is 4.74 Å². The van der Waals surface area contributed by atoms with E-state index in [1.54, 1.807) is 25.7 Å². The average molecular weight is 460 g/mol. The highest BCUT2D eigenvalue weighted by Gasteiger charge is 2.43.